The second-order valence-electron chi connectivity index (χ2n) is 6.40. The van der Waals surface area contributed by atoms with Gasteiger partial charge in [0.25, 0.3) is 5.92 Å². The molecule has 134 valence electrons. The summed E-state index contributed by atoms with van der Waals surface area (Å²) in [5.41, 5.74) is 1.97. The van der Waals surface area contributed by atoms with Gasteiger partial charge < -0.3 is 9.80 Å². The predicted molar refractivity (Wildman–Crippen MR) is 95.6 cm³/mol. The molecule has 9 heteroatoms. The number of anilines is 2. The Labute approximate surface area is 148 Å². The molecule has 3 heterocycles. The summed E-state index contributed by atoms with van der Waals surface area (Å²) < 4.78 is 49.0. The third-order valence-electron chi connectivity index (χ3n) is 4.47. The summed E-state index contributed by atoms with van der Waals surface area (Å²) in [5.74, 6) is -2.23. The quantitative estimate of drug-likeness (QED) is 0.813. The standard InChI is InChI=1S/C16H17F2N3O2S2/c17-16(18)10-21(11-16)15-19-9-14(24-15)12-1-3-13(4-2-12)20-5-7-25(22,23)8-6-20/h1-4,9H,5-8,10-11H2. The van der Waals surface area contributed by atoms with Gasteiger partial charge in [-0.15, -0.1) is 0 Å². The van der Waals surface area contributed by atoms with Crippen molar-refractivity contribution in [2.75, 3.05) is 47.5 Å². The van der Waals surface area contributed by atoms with Gasteiger partial charge in [-0.25, -0.2) is 22.2 Å². The Morgan fingerprint density at radius 3 is 2.28 bits per heavy atom. The first-order chi connectivity index (χ1) is 11.8. The molecule has 0 unspecified atom stereocenters. The molecule has 2 saturated heterocycles. The van der Waals surface area contributed by atoms with Crippen LogP contribution in [0.1, 0.15) is 0 Å². The molecule has 4 rings (SSSR count). The summed E-state index contributed by atoms with van der Waals surface area (Å²) >= 11 is 1.40. The lowest BCUT2D eigenvalue weighted by Gasteiger charge is -2.38. The molecule has 0 spiro atoms. The van der Waals surface area contributed by atoms with Crippen LogP contribution in [0.2, 0.25) is 0 Å². The molecule has 5 nitrogen and oxygen atoms in total. The Morgan fingerprint density at radius 1 is 1.04 bits per heavy atom. The van der Waals surface area contributed by atoms with Gasteiger partial charge in [-0.2, -0.15) is 0 Å². The molecule has 2 aliphatic heterocycles. The molecule has 2 aromatic rings. The number of nitrogens with zero attached hydrogens (tertiary/aromatic N) is 3. The fourth-order valence-corrected chi connectivity index (χ4v) is 5.12. The SMILES string of the molecule is O=S1(=O)CCN(c2ccc(-c3cnc(N4CC(F)(F)C4)s3)cc2)CC1. The van der Waals surface area contributed by atoms with E-state index in [9.17, 15) is 17.2 Å². The van der Waals surface area contributed by atoms with Gasteiger partial charge >= 0.3 is 0 Å². The second-order valence-corrected chi connectivity index (χ2v) is 9.72. The van der Waals surface area contributed by atoms with E-state index in [2.05, 4.69) is 9.88 Å². The van der Waals surface area contributed by atoms with Gasteiger partial charge in [-0.05, 0) is 17.7 Å². The lowest BCUT2D eigenvalue weighted by Crippen LogP contribution is -2.56. The van der Waals surface area contributed by atoms with Crippen LogP contribution in [-0.4, -0.2) is 57.0 Å². The zero-order valence-corrected chi connectivity index (χ0v) is 15.0. The number of benzene rings is 1. The lowest BCUT2D eigenvalue weighted by molar-refractivity contribution is -0.0262. The highest BCUT2D eigenvalue weighted by molar-refractivity contribution is 7.91. The lowest BCUT2D eigenvalue weighted by atomic mass is 10.1. The van der Waals surface area contributed by atoms with E-state index in [0.717, 1.165) is 16.1 Å². The number of hydrogen-bond donors (Lipinski definition) is 0. The van der Waals surface area contributed by atoms with E-state index in [-0.39, 0.29) is 24.6 Å². The fourth-order valence-electron chi connectivity index (χ4n) is 3.00. The van der Waals surface area contributed by atoms with Gasteiger partial charge in [0.1, 0.15) is 0 Å². The van der Waals surface area contributed by atoms with Crippen molar-refractivity contribution in [1.29, 1.82) is 0 Å². The second kappa shape index (κ2) is 5.91. The molecule has 2 fully saturated rings. The van der Waals surface area contributed by atoms with E-state index in [1.807, 2.05) is 24.3 Å². The van der Waals surface area contributed by atoms with E-state index < -0.39 is 15.8 Å². The zero-order valence-electron chi connectivity index (χ0n) is 13.4. The topological polar surface area (TPSA) is 53.5 Å². The predicted octanol–water partition coefficient (Wildman–Crippen LogP) is 2.50. The average Bonchev–Trinajstić information content (AvgIpc) is 3.02. The monoisotopic (exact) mass is 385 g/mol. The van der Waals surface area contributed by atoms with Crippen LogP contribution in [0.5, 0.6) is 0 Å². The van der Waals surface area contributed by atoms with Gasteiger partial charge in [0.05, 0.1) is 29.5 Å². The minimum Gasteiger partial charge on any atom is -0.369 e. The number of hydrogen-bond acceptors (Lipinski definition) is 6. The summed E-state index contributed by atoms with van der Waals surface area (Å²) in [5, 5.41) is 0.617. The van der Waals surface area contributed by atoms with Gasteiger partial charge in [0.2, 0.25) is 0 Å². The van der Waals surface area contributed by atoms with Gasteiger partial charge in [0.15, 0.2) is 15.0 Å². The third-order valence-corrected chi connectivity index (χ3v) is 7.19. The van der Waals surface area contributed by atoms with Crippen molar-refractivity contribution in [3.63, 3.8) is 0 Å². The van der Waals surface area contributed by atoms with Crippen LogP contribution in [0, 0.1) is 0 Å². The molecule has 25 heavy (non-hydrogen) atoms. The van der Waals surface area contributed by atoms with Crippen molar-refractivity contribution in [2.24, 2.45) is 0 Å². The van der Waals surface area contributed by atoms with Crippen LogP contribution in [0.4, 0.5) is 19.6 Å². The summed E-state index contributed by atoms with van der Waals surface area (Å²) in [6, 6.07) is 7.84. The van der Waals surface area contributed by atoms with Crippen molar-refractivity contribution < 1.29 is 17.2 Å². The molecule has 0 saturated carbocycles. The first-order valence-electron chi connectivity index (χ1n) is 7.96. The third kappa shape index (κ3) is 3.48. The van der Waals surface area contributed by atoms with Gasteiger partial charge in [-0.3, -0.25) is 0 Å². The minimum atomic E-state index is -2.89. The van der Waals surface area contributed by atoms with Gasteiger partial charge in [0, 0.05) is 25.0 Å². The Kier molecular flexibility index (Phi) is 3.95. The Morgan fingerprint density at radius 2 is 1.68 bits per heavy atom. The van der Waals surface area contributed by atoms with Crippen molar-refractivity contribution >= 4 is 32.0 Å². The molecule has 0 amide bonds. The smallest absolute Gasteiger partial charge is 0.282 e. The minimum absolute atomic E-state index is 0.188. The average molecular weight is 385 g/mol. The first kappa shape index (κ1) is 16.7. The molecule has 1 aromatic heterocycles. The summed E-state index contributed by atoms with van der Waals surface area (Å²) in [4.78, 5) is 8.81. The Hall–Kier alpha value is -1.74. The normalized spacial score (nSPS) is 21.8. The van der Waals surface area contributed by atoms with Gasteiger partial charge in [-0.1, -0.05) is 23.5 Å². The van der Waals surface area contributed by atoms with Crippen LogP contribution in [0.25, 0.3) is 10.4 Å². The van der Waals surface area contributed by atoms with E-state index in [4.69, 9.17) is 0 Å². The summed E-state index contributed by atoms with van der Waals surface area (Å²) in [6.45, 7) is 0.485. The molecule has 0 radical (unpaired) electrons. The maximum atomic E-state index is 13.0. The first-order valence-corrected chi connectivity index (χ1v) is 10.6. The Bertz CT molecular complexity index is 859. The highest BCUT2D eigenvalue weighted by atomic mass is 32.2. The van der Waals surface area contributed by atoms with E-state index in [1.54, 1.807) is 11.1 Å². The highest BCUT2D eigenvalue weighted by Crippen LogP contribution is 2.37. The number of thiazole rings is 1. The molecule has 0 atom stereocenters. The van der Waals surface area contributed by atoms with E-state index in [1.165, 1.54) is 11.3 Å². The maximum absolute atomic E-state index is 13.0. The van der Waals surface area contributed by atoms with Crippen LogP contribution in [0.15, 0.2) is 30.5 Å². The number of alkyl halides is 2. The van der Waals surface area contributed by atoms with Crippen molar-refractivity contribution in [3.8, 4) is 10.4 Å². The van der Waals surface area contributed by atoms with Crippen molar-refractivity contribution in [2.45, 2.75) is 5.92 Å². The number of aromatic nitrogens is 1. The van der Waals surface area contributed by atoms with E-state index in [0.29, 0.717) is 18.2 Å². The van der Waals surface area contributed by atoms with E-state index >= 15 is 0 Å². The van der Waals surface area contributed by atoms with Crippen molar-refractivity contribution in [1.82, 2.24) is 4.98 Å². The largest absolute Gasteiger partial charge is 0.369 e. The molecular weight excluding hydrogens is 368 g/mol. The molecule has 2 aliphatic rings. The Balaban J connectivity index is 1.45. The number of rotatable bonds is 3. The maximum Gasteiger partial charge on any atom is 0.282 e. The molecule has 0 N–H and O–H groups in total. The summed E-state index contributed by atoms with van der Waals surface area (Å²) in [7, 11) is -2.89. The number of halogens is 2. The molecular formula is C16H17F2N3O2S2. The summed E-state index contributed by atoms with van der Waals surface area (Å²) in [6.07, 6.45) is 1.71. The zero-order chi connectivity index (χ0) is 17.7. The molecule has 0 aliphatic carbocycles. The molecule has 1 aromatic carbocycles. The number of sulfone groups is 1. The highest BCUT2D eigenvalue weighted by Gasteiger charge is 2.45. The van der Waals surface area contributed by atoms with Crippen molar-refractivity contribution in [3.05, 3.63) is 30.5 Å². The van der Waals surface area contributed by atoms with Crippen LogP contribution in [-0.2, 0) is 9.84 Å². The van der Waals surface area contributed by atoms with Crippen LogP contribution in [0.3, 0.4) is 0 Å². The van der Waals surface area contributed by atoms with Crippen LogP contribution < -0.4 is 9.80 Å². The molecule has 0 bridgehead atoms. The van der Waals surface area contributed by atoms with Crippen LogP contribution >= 0.6 is 11.3 Å². The fraction of sp³-hybridized carbons (Fsp3) is 0.438.